The van der Waals surface area contributed by atoms with E-state index in [-0.39, 0.29) is 5.91 Å². The van der Waals surface area contributed by atoms with E-state index in [0.29, 0.717) is 23.8 Å². The molecule has 6 heteroatoms. The SMILES string of the molecule is C=CCn1nc(C(=O)N2CCCCC2)c2c1CCC(NCC1(N3CCCCC3)CCCC1)C2. The van der Waals surface area contributed by atoms with Crippen LogP contribution in [0.3, 0.4) is 0 Å². The molecule has 182 valence electrons. The summed E-state index contributed by atoms with van der Waals surface area (Å²) in [6.45, 7) is 10.0. The molecule has 1 N–H and O–H groups in total. The minimum Gasteiger partial charge on any atom is -0.337 e. The number of likely N-dealkylation sites (tertiary alicyclic amines) is 2. The molecule has 1 saturated carbocycles. The highest BCUT2D eigenvalue weighted by atomic mass is 16.2. The van der Waals surface area contributed by atoms with E-state index >= 15 is 0 Å². The largest absolute Gasteiger partial charge is 0.337 e. The summed E-state index contributed by atoms with van der Waals surface area (Å²) < 4.78 is 2.04. The van der Waals surface area contributed by atoms with Crippen molar-refractivity contribution in [2.24, 2.45) is 0 Å². The molecule has 2 aliphatic carbocycles. The Kier molecular flexibility index (Phi) is 7.21. The molecule has 1 unspecified atom stereocenters. The molecule has 1 amide bonds. The minimum absolute atomic E-state index is 0.148. The summed E-state index contributed by atoms with van der Waals surface area (Å²) in [6.07, 6.45) is 18.0. The predicted molar refractivity (Wildman–Crippen MR) is 133 cm³/mol. The molecular weight excluding hydrogens is 410 g/mol. The number of hydrogen-bond donors (Lipinski definition) is 1. The lowest BCUT2D eigenvalue weighted by molar-refractivity contribution is 0.0667. The van der Waals surface area contributed by atoms with E-state index in [0.717, 1.165) is 51.7 Å². The molecule has 1 aromatic rings. The predicted octanol–water partition coefficient (Wildman–Crippen LogP) is 3.94. The van der Waals surface area contributed by atoms with Crippen molar-refractivity contribution in [3.8, 4) is 0 Å². The lowest BCUT2D eigenvalue weighted by atomic mass is 9.88. The lowest BCUT2D eigenvalue weighted by Gasteiger charge is -2.44. The highest BCUT2D eigenvalue weighted by Gasteiger charge is 2.40. The van der Waals surface area contributed by atoms with Crippen LogP contribution >= 0.6 is 0 Å². The van der Waals surface area contributed by atoms with E-state index in [1.165, 1.54) is 75.7 Å². The summed E-state index contributed by atoms with van der Waals surface area (Å²) in [6, 6.07) is 0.439. The fourth-order valence-electron chi connectivity index (χ4n) is 6.89. The molecule has 6 nitrogen and oxygen atoms in total. The monoisotopic (exact) mass is 453 g/mol. The number of aromatic nitrogens is 2. The molecule has 0 radical (unpaired) electrons. The van der Waals surface area contributed by atoms with Crippen molar-refractivity contribution in [1.29, 1.82) is 0 Å². The van der Waals surface area contributed by atoms with Gasteiger partial charge in [-0.2, -0.15) is 5.10 Å². The third-order valence-electron chi connectivity index (χ3n) is 8.78. The van der Waals surface area contributed by atoms with Crippen LogP contribution in [-0.4, -0.2) is 69.8 Å². The zero-order valence-electron chi connectivity index (χ0n) is 20.5. The van der Waals surface area contributed by atoms with Crippen molar-refractivity contribution in [3.05, 3.63) is 29.6 Å². The Hall–Kier alpha value is -1.66. The van der Waals surface area contributed by atoms with Gasteiger partial charge in [0.1, 0.15) is 0 Å². The van der Waals surface area contributed by atoms with Crippen molar-refractivity contribution >= 4 is 5.91 Å². The topological polar surface area (TPSA) is 53.4 Å². The van der Waals surface area contributed by atoms with Crippen LogP contribution in [0.4, 0.5) is 0 Å². The van der Waals surface area contributed by atoms with Gasteiger partial charge in [-0.15, -0.1) is 6.58 Å². The first-order valence-corrected chi connectivity index (χ1v) is 13.7. The van der Waals surface area contributed by atoms with Gasteiger partial charge in [0.2, 0.25) is 0 Å². The number of piperidine rings is 2. The fraction of sp³-hybridized carbons (Fsp3) is 0.778. The van der Waals surface area contributed by atoms with Crippen LogP contribution in [0.5, 0.6) is 0 Å². The van der Waals surface area contributed by atoms with Crippen molar-refractivity contribution in [3.63, 3.8) is 0 Å². The van der Waals surface area contributed by atoms with Crippen LogP contribution in [0, 0.1) is 0 Å². The molecular formula is C27H43N5O. The van der Waals surface area contributed by atoms with Crippen LogP contribution in [0.25, 0.3) is 0 Å². The van der Waals surface area contributed by atoms with Gasteiger partial charge in [-0.3, -0.25) is 14.4 Å². The van der Waals surface area contributed by atoms with Gasteiger partial charge in [0.25, 0.3) is 5.91 Å². The van der Waals surface area contributed by atoms with Gasteiger partial charge >= 0.3 is 0 Å². The Labute approximate surface area is 199 Å². The van der Waals surface area contributed by atoms with Gasteiger partial charge in [-0.1, -0.05) is 25.3 Å². The summed E-state index contributed by atoms with van der Waals surface area (Å²) in [4.78, 5) is 18.3. The van der Waals surface area contributed by atoms with Gasteiger partial charge < -0.3 is 10.2 Å². The average molecular weight is 454 g/mol. The molecule has 0 aromatic carbocycles. The smallest absolute Gasteiger partial charge is 0.274 e. The first kappa shape index (κ1) is 23.1. The van der Waals surface area contributed by atoms with Crippen LogP contribution in [0.15, 0.2) is 12.7 Å². The molecule has 1 aromatic heterocycles. The maximum atomic E-state index is 13.4. The third-order valence-corrected chi connectivity index (χ3v) is 8.78. The summed E-state index contributed by atoms with van der Waals surface area (Å²) in [5.41, 5.74) is 3.54. The fourth-order valence-corrected chi connectivity index (χ4v) is 6.89. The molecule has 0 bridgehead atoms. The Morgan fingerprint density at radius 1 is 1.03 bits per heavy atom. The second-order valence-corrected chi connectivity index (χ2v) is 10.9. The summed E-state index contributed by atoms with van der Waals surface area (Å²) >= 11 is 0. The molecule has 2 saturated heterocycles. The molecule has 33 heavy (non-hydrogen) atoms. The molecule has 3 fully saturated rings. The quantitative estimate of drug-likeness (QED) is 0.636. The maximum Gasteiger partial charge on any atom is 0.274 e. The number of carbonyl (C=O) groups is 1. The van der Waals surface area contributed by atoms with Crippen LogP contribution in [-0.2, 0) is 19.4 Å². The summed E-state index contributed by atoms with van der Waals surface area (Å²) in [7, 11) is 0. The first-order chi connectivity index (χ1) is 16.2. The average Bonchev–Trinajstić information content (AvgIpc) is 3.49. The normalized spacial score (nSPS) is 25.7. The van der Waals surface area contributed by atoms with Gasteiger partial charge in [-0.05, 0) is 77.3 Å². The molecule has 0 spiro atoms. The lowest BCUT2D eigenvalue weighted by Crippen LogP contribution is -2.56. The maximum absolute atomic E-state index is 13.4. The van der Waals surface area contributed by atoms with E-state index in [4.69, 9.17) is 5.10 Å². The molecule has 5 rings (SSSR count). The number of rotatable bonds is 7. The zero-order chi connectivity index (χ0) is 22.7. The summed E-state index contributed by atoms with van der Waals surface area (Å²) in [5.74, 6) is 0.148. The van der Waals surface area contributed by atoms with Gasteiger partial charge in [0.15, 0.2) is 5.69 Å². The molecule has 4 aliphatic rings. The number of nitrogens with zero attached hydrogens (tertiary/aromatic N) is 4. The van der Waals surface area contributed by atoms with Gasteiger partial charge in [-0.25, -0.2) is 0 Å². The highest BCUT2D eigenvalue weighted by molar-refractivity contribution is 5.94. The van der Waals surface area contributed by atoms with Crippen molar-refractivity contribution in [2.75, 3.05) is 32.7 Å². The van der Waals surface area contributed by atoms with Crippen LogP contribution in [0.1, 0.15) is 92.4 Å². The van der Waals surface area contributed by atoms with E-state index in [1.807, 2.05) is 15.7 Å². The Morgan fingerprint density at radius 2 is 1.73 bits per heavy atom. The molecule has 2 aliphatic heterocycles. The third kappa shape index (κ3) is 4.79. The number of fused-ring (bicyclic) bond motifs is 1. The number of nitrogens with one attached hydrogen (secondary N) is 1. The van der Waals surface area contributed by atoms with Crippen molar-refractivity contribution in [1.82, 2.24) is 24.9 Å². The molecule has 3 heterocycles. The number of amides is 1. The molecule has 1 atom stereocenters. The second-order valence-electron chi connectivity index (χ2n) is 10.9. The van der Waals surface area contributed by atoms with Crippen LogP contribution in [0.2, 0.25) is 0 Å². The number of carbonyl (C=O) groups excluding carboxylic acids is 1. The second kappa shape index (κ2) is 10.3. The Balaban J connectivity index is 1.31. The Morgan fingerprint density at radius 3 is 2.42 bits per heavy atom. The number of allylic oxidation sites excluding steroid dienone is 1. The van der Waals surface area contributed by atoms with Gasteiger partial charge in [0.05, 0.1) is 6.54 Å². The van der Waals surface area contributed by atoms with E-state index in [2.05, 4.69) is 16.8 Å². The van der Waals surface area contributed by atoms with Crippen molar-refractivity contribution < 1.29 is 4.79 Å². The van der Waals surface area contributed by atoms with E-state index in [9.17, 15) is 4.79 Å². The zero-order valence-corrected chi connectivity index (χ0v) is 20.5. The summed E-state index contributed by atoms with van der Waals surface area (Å²) in [5, 5.41) is 8.84. The Bertz CT molecular complexity index is 828. The first-order valence-electron chi connectivity index (χ1n) is 13.7. The van der Waals surface area contributed by atoms with E-state index in [1.54, 1.807) is 0 Å². The highest BCUT2D eigenvalue weighted by Crippen LogP contribution is 2.37. The van der Waals surface area contributed by atoms with Crippen molar-refractivity contribution in [2.45, 2.75) is 102 Å². The van der Waals surface area contributed by atoms with Gasteiger partial charge in [0, 0.05) is 42.5 Å². The van der Waals surface area contributed by atoms with E-state index < -0.39 is 0 Å². The minimum atomic E-state index is 0.148. The van der Waals surface area contributed by atoms with Crippen LogP contribution < -0.4 is 5.32 Å². The standard InChI is InChI=1S/C27H43N5O/c1-2-15-32-24-12-11-22(20-23(24)25(29-32)26(33)30-16-7-3-8-17-30)28-21-27(13-5-6-14-27)31-18-9-4-10-19-31/h2,22,28H,1,3-21H2. The number of hydrogen-bond acceptors (Lipinski definition) is 4.